The van der Waals surface area contributed by atoms with E-state index in [9.17, 15) is 4.79 Å². The monoisotopic (exact) mass is 240 g/mol. The summed E-state index contributed by atoms with van der Waals surface area (Å²) in [6, 6.07) is 0. The van der Waals surface area contributed by atoms with Crippen molar-refractivity contribution in [1.82, 2.24) is 5.32 Å². The van der Waals surface area contributed by atoms with Gasteiger partial charge in [0.2, 0.25) is 5.91 Å². The van der Waals surface area contributed by atoms with Crippen LogP contribution < -0.4 is 11.1 Å². The Balaban J connectivity index is 2.06. The van der Waals surface area contributed by atoms with Gasteiger partial charge in [-0.05, 0) is 25.7 Å². The van der Waals surface area contributed by atoms with Crippen molar-refractivity contribution < 1.29 is 4.79 Å². The van der Waals surface area contributed by atoms with E-state index in [1.807, 2.05) is 0 Å². The van der Waals surface area contributed by atoms with Crippen LogP contribution in [0.25, 0.3) is 0 Å². The number of carbonyl (C=O) groups excluding carboxylic acids is 1. The molecule has 0 aliphatic heterocycles. The molecule has 2 rings (SSSR count). The predicted molar refractivity (Wildman–Crippen MR) is 68.1 cm³/mol. The van der Waals surface area contributed by atoms with Gasteiger partial charge in [0.1, 0.15) is 0 Å². The standard InChI is InChI=1S/C12H20N2OS/c13-11(16)12(7-3-1-2-4-8-12)14-10(15)9-5-6-9/h9H,1-8H2,(H2,13,16)(H,14,15). The smallest absolute Gasteiger partial charge is 0.223 e. The molecule has 16 heavy (non-hydrogen) atoms. The van der Waals surface area contributed by atoms with E-state index in [1.54, 1.807) is 0 Å². The summed E-state index contributed by atoms with van der Waals surface area (Å²) >= 11 is 5.18. The van der Waals surface area contributed by atoms with Crippen LogP contribution in [0.4, 0.5) is 0 Å². The SMILES string of the molecule is NC(=S)C1(NC(=O)C2CC2)CCCCCC1. The predicted octanol–water partition coefficient (Wildman–Crippen LogP) is 1.89. The quantitative estimate of drug-likeness (QED) is 0.585. The van der Waals surface area contributed by atoms with Crippen LogP contribution >= 0.6 is 12.2 Å². The van der Waals surface area contributed by atoms with Gasteiger partial charge >= 0.3 is 0 Å². The molecule has 3 nitrogen and oxygen atoms in total. The molecule has 0 aromatic carbocycles. The molecule has 3 N–H and O–H groups in total. The second kappa shape index (κ2) is 4.70. The third kappa shape index (κ3) is 2.54. The van der Waals surface area contributed by atoms with Gasteiger partial charge in [0.25, 0.3) is 0 Å². The van der Waals surface area contributed by atoms with Crippen LogP contribution in [0, 0.1) is 5.92 Å². The summed E-state index contributed by atoms with van der Waals surface area (Å²) in [4.78, 5) is 12.3. The third-order valence-corrected chi connectivity index (χ3v) is 4.13. The van der Waals surface area contributed by atoms with Crippen LogP contribution in [-0.2, 0) is 4.79 Å². The second-order valence-corrected chi connectivity index (χ2v) is 5.56. The Morgan fingerprint density at radius 2 is 1.75 bits per heavy atom. The largest absolute Gasteiger partial charge is 0.391 e. The molecular formula is C12H20N2OS. The third-order valence-electron chi connectivity index (χ3n) is 3.74. The van der Waals surface area contributed by atoms with Crippen molar-refractivity contribution in [2.75, 3.05) is 0 Å². The van der Waals surface area contributed by atoms with Gasteiger partial charge in [-0.25, -0.2) is 0 Å². The zero-order valence-electron chi connectivity index (χ0n) is 9.63. The summed E-state index contributed by atoms with van der Waals surface area (Å²) < 4.78 is 0. The molecule has 0 bridgehead atoms. The fourth-order valence-electron chi connectivity index (χ4n) is 2.45. The van der Waals surface area contributed by atoms with Crippen LogP contribution in [0.3, 0.4) is 0 Å². The van der Waals surface area contributed by atoms with E-state index >= 15 is 0 Å². The van der Waals surface area contributed by atoms with Gasteiger partial charge in [-0.15, -0.1) is 0 Å². The van der Waals surface area contributed by atoms with Gasteiger partial charge in [-0.3, -0.25) is 4.79 Å². The molecule has 0 aromatic heterocycles. The average Bonchev–Trinajstić information content (AvgIpc) is 3.05. The van der Waals surface area contributed by atoms with Crippen molar-refractivity contribution in [3.63, 3.8) is 0 Å². The molecule has 90 valence electrons. The van der Waals surface area contributed by atoms with Crippen LogP contribution in [-0.4, -0.2) is 16.4 Å². The Morgan fingerprint density at radius 1 is 1.19 bits per heavy atom. The number of amides is 1. The summed E-state index contributed by atoms with van der Waals surface area (Å²) in [5.41, 5.74) is 5.47. The number of hydrogen-bond acceptors (Lipinski definition) is 2. The van der Waals surface area contributed by atoms with Gasteiger partial charge in [0, 0.05) is 5.92 Å². The Hall–Kier alpha value is -0.640. The lowest BCUT2D eigenvalue weighted by molar-refractivity contribution is -0.123. The van der Waals surface area contributed by atoms with E-state index in [1.165, 1.54) is 12.8 Å². The zero-order chi connectivity index (χ0) is 11.6. The Kier molecular flexibility index (Phi) is 3.47. The number of rotatable bonds is 3. The first-order valence-electron chi connectivity index (χ1n) is 6.26. The molecule has 0 aromatic rings. The zero-order valence-corrected chi connectivity index (χ0v) is 10.4. The summed E-state index contributed by atoms with van der Waals surface area (Å²) in [5, 5.41) is 3.13. The molecule has 0 heterocycles. The maximum Gasteiger partial charge on any atom is 0.223 e. The second-order valence-electron chi connectivity index (χ2n) is 5.12. The number of nitrogens with two attached hydrogens (primary N) is 1. The molecular weight excluding hydrogens is 220 g/mol. The van der Waals surface area contributed by atoms with Gasteiger partial charge < -0.3 is 11.1 Å². The minimum atomic E-state index is -0.383. The van der Waals surface area contributed by atoms with Crippen LogP contribution in [0.1, 0.15) is 51.4 Å². The normalized spacial score (nSPS) is 24.5. The topological polar surface area (TPSA) is 55.1 Å². The molecule has 2 aliphatic carbocycles. The van der Waals surface area contributed by atoms with Crippen molar-refractivity contribution in [2.24, 2.45) is 11.7 Å². The van der Waals surface area contributed by atoms with E-state index < -0.39 is 0 Å². The van der Waals surface area contributed by atoms with E-state index in [0.717, 1.165) is 38.5 Å². The van der Waals surface area contributed by atoms with Crippen molar-refractivity contribution >= 4 is 23.1 Å². The van der Waals surface area contributed by atoms with Crippen molar-refractivity contribution in [2.45, 2.75) is 56.9 Å². The fraction of sp³-hybridized carbons (Fsp3) is 0.833. The van der Waals surface area contributed by atoms with Gasteiger partial charge in [-0.2, -0.15) is 0 Å². The average molecular weight is 240 g/mol. The van der Waals surface area contributed by atoms with Crippen molar-refractivity contribution in [3.05, 3.63) is 0 Å². The number of nitrogens with one attached hydrogen (secondary N) is 1. The number of hydrogen-bond donors (Lipinski definition) is 2. The molecule has 2 fully saturated rings. The van der Waals surface area contributed by atoms with Gasteiger partial charge in [-0.1, -0.05) is 37.9 Å². The summed E-state index contributed by atoms with van der Waals surface area (Å²) in [6.07, 6.45) is 8.57. The highest BCUT2D eigenvalue weighted by molar-refractivity contribution is 7.80. The highest BCUT2D eigenvalue weighted by Gasteiger charge is 2.39. The van der Waals surface area contributed by atoms with Gasteiger partial charge in [0.15, 0.2) is 0 Å². The van der Waals surface area contributed by atoms with E-state index in [2.05, 4.69) is 5.32 Å². The molecule has 0 radical (unpaired) electrons. The molecule has 0 saturated heterocycles. The lowest BCUT2D eigenvalue weighted by atomic mass is 9.89. The highest BCUT2D eigenvalue weighted by atomic mass is 32.1. The summed E-state index contributed by atoms with van der Waals surface area (Å²) in [6.45, 7) is 0. The molecule has 1 amide bonds. The Morgan fingerprint density at radius 3 is 2.19 bits per heavy atom. The molecule has 0 spiro atoms. The van der Waals surface area contributed by atoms with Crippen molar-refractivity contribution in [3.8, 4) is 0 Å². The van der Waals surface area contributed by atoms with E-state index in [-0.39, 0.29) is 17.4 Å². The fourth-order valence-corrected chi connectivity index (χ4v) is 2.70. The molecule has 0 atom stereocenters. The first-order valence-corrected chi connectivity index (χ1v) is 6.67. The lowest BCUT2D eigenvalue weighted by Crippen LogP contribution is -2.56. The van der Waals surface area contributed by atoms with Crippen molar-refractivity contribution in [1.29, 1.82) is 0 Å². The van der Waals surface area contributed by atoms with E-state index in [0.29, 0.717) is 4.99 Å². The van der Waals surface area contributed by atoms with Gasteiger partial charge in [0.05, 0.1) is 10.5 Å². The van der Waals surface area contributed by atoms with E-state index in [4.69, 9.17) is 18.0 Å². The highest BCUT2D eigenvalue weighted by Crippen LogP contribution is 2.32. The van der Waals surface area contributed by atoms with Crippen LogP contribution in [0.5, 0.6) is 0 Å². The minimum Gasteiger partial charge on any atom is -0.391 e. The summed E-state index contributed by atoms with van der Waals surface area (Å²) in [7, 11) is 0. The number of thiocarbonyl (C=S) groups is 1. The van der Waals surface area contributed by atoms with Crippen LogP contribution in [0.2, 0.25) is 0 Å². The summed E-state index contributed by atoms with van der Waals surface area (Å²) in [5.74, 6) is 0.393. The molecule has 2 aliphatic rings. The molecule has 2 saturated carbocycles. The Labute approximate surface area is 102 Å². The molecule has 4 heteroatoms. The first kappa shape index (κ1) is 11.8. The van der Waals surface area contributed by atoms with Crippen LogP contribution in [0.15, 0.2) is 0 Å². The maximum absolute atomic E-state index is 11.9. The minimum absolute atomic E-state index is 0.162. The molecule has 0 unspecified atom stereocenters. The Bertz CT molecular complexity index is 289. The maximum atomic E-state index is 11.9. The lowest BCUT2D eigenvalue weighted by Gasteiger charge is -2.33. The number of carbonyl (C=O) groups is 1. The first-order chi connectivity index (χ1) is 7.64.